The van der Waals surface area contributed by atoms with Crippen molar-refractivity contribution >= 4 is 28.0 Å². The summed E-state index contributed by atoms with van der Waals surface area (Å²) in [5.41, 5.74) is 3.52. The van der Waals surface area contributed by atoms with Crippen LogP contribution >= 0.6 is 0 Å². The maximum Gasteiger partial charge on any atom is 0.272 e. The number of H-pyrrole nitrogens is 2. The molecule has 1 fully saturated rings. The van der Waals surface area contributed by atoms with Crippen LogP contribution in [0.15, 0.2) is 48.9 Å². The van der Waals surface area contributed by atoms with Crippen molar-refractivity contribution < 1.29 is 4.79 Å². The van der Waals surface area contributed by atoms with Gasteiger partial charge in [0.05, 0.1) is 0 Å². The minimum absolute atomic E-state index is 0.0144. The molecule has 130 valence electrons. The fourth-order valence-electron chi connectivity index (χ4n) is 3.92. The maximum atomic E-state index is 12.8. The number of likely N-dealkylation sites (tertiary alicyclic amines) is 1. The van der Waals surface area contributed by atoms with Crippen molar-refractivity contribution in [2.75, 3.05) is 13.1 Å². The summed E-state index contributed by atoms with van der Waals surface area (Å²) in [7, 11) is 0. The Morgan fingerprint density at radius 1 is 1.08 bits per heavy atom. The number of rotatable bonds is 2. The zero-order chi connectivity index (χ0) is 17.5. The van der Waals surface area contributed by atoms with Crippen LogP contribution < -0.4 is 0 Å². The second-order valence-corrected chi connectivity index (χ2v) is 6.82. The molecule has 5 heterocycles. The van der Waals surface area contributed by atoms with Crippen molar-refractivity contribution in [3.63, 3.8) is 0 Å². The third kappa shape index (κ3) is 2.45. The molecule has 6 heteroatoms. The van der Waals surface area contributed by atoms with Crippen molar-refractivity contribution in [2.24, 2.45) is 0 Å². The van der Waals surface area contributed by atoms with Gasteiger partial charge in [-0.05, 0) is 54.7 Å². The molecule has 1 amide bonds. The topological polar surface area (TPSA) is 77.7 Å². The Kier molecular flexibility index (Phi) is 3.48. The minimum atomic E-state index is 0.0144. The summed E-state index contributed by atoms with van der Waals surface area (Å²) >= 11 is 0. The Bertz CT molecular complexity index is 1090. The molecule has 0 radical (unpaired) electrons. The zero-order valence-corrected chi connectivity index (χ0v) is 14.3. The van der Waals surface area contributed by atoms with Gasteiger partial charge in [0.1, 0.15) is 17.0 Å². The quantitative estimate of drug-likeness (QED) is 0.584. The first-order chi connectivity index (χ1) is 12.8. The predicted molar refractivity (Wildman–Crippen MR) is 100 cm³/mol. The number of hydrogen-bond donors (Lipinski definition) is 2. The van der Waals surface area contributed by atoms with Gasteiger partial charge in [-0.1, -0.05) is 0 Å². The number of nitrogens with zero attached hydrogens (tertiary/aromatic N) is 3. The summed E-state index contributed by atoms with van der Waals surface area (Å²) in [6.07, 6.45) is 7.63. The Labute approximate surface area is 150 Å². The average Bonchev–Trinajstić information content (AvgIpc) is 3.34. The van der Waals surface area contributed by atoms with Crippen molar-refractivity contribution in [1.29, 1.82) is 0 Å². The highest BCUT2D eigenvalue weighted by atomic mass is 16.2. The second kappa shape index (κ2) is 5.98. The molecule has 5 rings (SSSR count). The third-order valence-electron chi connectivity index (χ3n) is 5.33. The number of aromatic nitrogens is 4. The van der Waals surface area contributed by atoms with E-state index in [4.69, 9.17) is 0 Å². The Balaban J connectivity index is 1.32. The van der Waals surface area contributed by atoms with Crippen LogP contribution in [0.4, 0.5) is 0 Å². The van der Waals surface area contributed by atoms with E-state index in [9.17, 15) is 4.79 Å². The van der Waals surface area contributed by atoms with Crippen LogP contribution in [0.3, 0.4) is 0 Å². The van der Waals surface area contributed by atoms with Gasteiger partial charge in [-0.15, -0.1) is 0 Å². The van der Waals surface area contributed by atoms with Gasteiger partial charge in [-0.3, -0.25) is 4.79 Å². The lowest BCUT2D eigenvalue weighted by Gasteiger charge is -2.31. The highest BCUT2D eigenvalue weighted by Crippen LogP contribution is 2.32. The number of amides is 1. The third-order valence-corrected chi connectivity index (χ3v) is 5.33. The highest BCUT2D eigenvalue weighted by Gasteiger charge is 2.26. The van der Waals surface area contributed by atoms with Gasteiger partial charge >= 0.3 is 0 Å². The van der Waals surface area contributed by atoms with Gasteiger partial charge < -0.3 is 14.9 Å². The number of aromatic amines is 2. The van der Waals surface area contributed by atoms with Crippen LogP contribution in [0.25, 0.3) is 22.1 Å². The first-order valence-electron chi connectivity index (χ1n) is 8.95. The fraction of sp³-hybridized carbons (Fsp3) is 0.250. The van der Waals surface area contributed by atoms with E-state index in [0.717, 1.165) is 42.6 Å². The van der Waals surface area contributed by atoms with Crippen LogP contribution in [0.2, 0.25) is 0 Å². The van der Waals surface area contributed by atoms with E-state index in [-0.39, 0.29) is 5.91 Å². The monoisotopic (exact) mass is 345 g/mol. The largest absolute Gasteiger partial charge is 0.346 e. The Morgan fingerprint density at radius 2 is 1.96 bits per heavy atom. The number of carbonyl (C=O) groups is 1. The van der Waals surface area contributed by atoms with E-state index >= 15 is 0 Å². The molecule has 0 spiro atoms. The van der Waals surface area contributed by atoms with E-state index in [2.05, 4.69) is 32.2 Å². The number of hydrogen-bond acceptors (Lipinski definition) is 3. The fourth-order valence-corrected chi connectivity index (χ4v) is 3.92. The lowest BCUT2D eigenvalue weighted by atomic mass is 9.89. The van der Waals surface area contributed by atoms with E-state index in [0.29, 0.717) is 11.6 Å². The lowest BCUT2D eigenvalue weighted by Crippen LogP contribution is -2.38. The minimum Gasteiger partial charge on any atom is -0.346 e. The summed E-state index contributed by atoms with van der Waals surface area (Å²) < 4.78 is 0. The first kappa shape index (κ1) is 15.1. The summed E-state index contributed by atoms with van der Waals surface area (Å²) in [6, 6.07) is 9.80. The van der Waals surface area contributed by atoms with E-state index in [1.54, 1.807) is 6.20 Å². The van der Waals surface area contributed by atoms with Crippen LogP contribution in [0.1, 0.15) is 34.8 Å². The van der Waals surface area contributed by atoms with Crippen molar-refractivity contribution in [2.45, 2.75) is 18.8 Å². The molecule has 1 aliphatic heterocycles. The SMILES string of the molecule is O=C(c1ccc2cc[nH]c2n1)N1CCC(c2c[nH]c3ncccc23)CC1. The van der Waals surface area contributed by atoms with Crippen LogP contribution in [0, 0.1) is 0 Å². The predicted octanol–water partition coefficient (Wildman–Crippen LogP) is 3.46. The first-order valence-corrected chi connectivity index (χ1v) is 8.95. The average molecular weight is 345 g/mol. The lowest BCUT2D eigenvalue weighted by molar-refractivity contribution is 0.0707. The molecule has 6 nitrogen and oxygen atoms in total. The van der Waals surface area contributed by atoms with Gasteiger partial charge in [0.15, 0.2) is 0 Å². The van der Waals surface area contributed by atoms with Crippen molar-refractivity contribution in [1.82, 2.24) is 24.8 Å². The highest BCUT2D eigenvalue weighted by molar-refractivity contribution is 5.94. The molecular weight excluding hydrogens is 326 g/mol. The number of fused-ring (bicyclic) bond motifs is 2. The molecule has 0 aliphatic carbocycles. The van der Waals surface area contributed by atoms with Gasteiger partial charge in [-0.25, -0.2) is 9.97 Å². The van der Waals surface area contributed by atoms with Crippen molar-refractivity contribution in [3.8, 4) is 0 Å². The molecule has 4 aromatic rings. The molecule has 0 bridgehead atoms. The molecule has 4 aromatic heterocycles. The molecule has 0 unspecified atom stereocenters. The zero-order valence-electron chi connectivity index (χ0n) is 14.3. The summed E-state index contributed by atoms with van der Waals surface area (Å²) in [4.78, 5) is 29.9. The number of carbonyl (C=O) groups excluding carboxylic acids is 1. The van der Waals surface area contributed by atoms with Crippen LogP contribution in [-0.2, 0) is 0 Å². The number of piperidine rings is 1. The standard InChI is InChI=1S/C20H19N5O/c26-20(17-4-3-14-5-9-22-18(14)24-17)25-10-6-13(7-11-25)16-12-23-19-15(16)2-1-8-21-19/h1-5,8-9,12-13H,6-7,10-11H2,(H,21,23)(H,22,24). The van der Waals surface area contributed by atoms with Crippen LogP contribution in [-0.4, -0.2) is 43.8 Å². The number of pyridine rings is 2. The smallest absolute Gasteiger partial charge is 0.272 e. The Morgan fingerprint density at radius 3 is 2.85 bits per heavy atom. The molecule has 0 atom stereocenters. The maximum absolute atomic E-state index is 12.8. The summed E-state index contributed by atoms with van der Waals surface area (Å²) in [5.74, 6) is 0.469. The van der Waals surface area contributed by atoms with Crippen LogP contribution in [0.5, 0.6) is 0 Å². The van der Waals surface area contributed by atoms with Gasteiger partial charge in [0.25, 0.3) is 5.91 Å². The molecule has 0 saturated carbocycles. The molecule has 1 aliphatic rings. The normalized spacial score (nSPS) is 15.8. The molecule has 1 saturated heterocycles. The van der Waals surface area contributed by atoms with Gasteiger partial charge in [0, 0.05) is 42.5 Å². The molecular formula is C20H19N5O. The van der Waals surface area contributed by atoms with Crippen molar-refractivity contribution in [3.05, 3.63) is 60.2 Å². The van der Waals surface area contributed by atoms with Gasteiger partial charge in [0.2, 0.25) is 0 Å². The number of nitrogens with one attached hydrogen (secondary N) is 2. The molecule has 26 heavy (non-hydrogen) atoms. The molecule has 2 N–H and O–H groups in total. The van der Waals surface area contributed by atoms with E-state index in [1.165, 1.54) is 10.9 Å². The van der Waals surface area contributed by atoms with Gasteiger partial charge in [-0.2, -0.15) is 0 Å². The second-order valence-electron chi connectivity index (χ2n) is 6.82. The molecule has 0 aromatic carbocycles. The summed E-state index contributed by atoms with van der Waals surface area (Å²) in [5, 5.41) is 2.21. The summed E-state index contributed by atoms with van der Waals surface area (Å²) in [6.45, 7) is 1.50. The van der Waals surface area contributed by atoms with E-state index in [1.807, 2.05) is 35.4 Å². The van der Waals surface area contributed by atoms with E-state index < -0.39 is 0 Å². The Hall–Kier alpha value is -3.15.